The van der Waals surface area contributed by atoms with Gasteiger partial charge in [0.15, 0.2) is 0 Å². The summed E-state index contributed by atoms with van der Waals surface area (Å²) in [5.41, 5.74) is 2.38. The molecule has 148 valence electrons. The Kier molecular flexibility index (Phi) is 5.53. The van der Waals surface area contributed by atoms with Crippen molar-refractivity contribution in [3.63, 3.8) is 0 Å². The molecule has 1 saturated heterocycles. The molecular formula is C23H29N3O2. The van der Waals surface area contributed by atoms with Crippen LogP contribution in [-0.4, -0.2) is 52.9 Å². The molecule has 0 aliphatic carbocycles. The maximum Gasteiger partial charge on any atom is 0.411 e. The van der Waals surface area contributed by atoms with E-state index in [2.05, 4.69) is 71.8 Å². The molecule has 5 heteroatoms. The molecule has 1 aliphatic rings. The van der Waals surface area contributed by atoms with E-state index in [9.17, 15) is 4.79 Å². The van der Waals surface area contributed by atoms with Gasteiger partial charge in [-0.2, -0.15) is 0 Å². The number of hydrogen-bond acceptors (Lipinski definition) is 3. The third-order valence-electron chi connectivity index (χ3n) is 5.47. The van der Waals surface area contributed by atoms with Crippen LogP contribution in [0.1, 0.15) is 26.7 Å². The molecule has 5 nitrogen and oxygen atoms in total. The minimum atomic E-state index is -0.192. The highest BCUT2D eigenvalue weighted by molar-refractivity contribution is 6.07. The Labute approximate surface area is 166 Å². The minimum absolute atomic E-state index is 0.128. The highest BCUT2D eigenvalue weighted by Gasteiger charge is 2.32. The van der Waals surface area contributed by atoms with Gasteiger partial charge in [-0.25, -0.2) is 4.79 Å². The molecule has 0 saturated carbocycles. The van der Waals surface area contributed by atoms with Crippen molar-refractivity contribution in [2.45, 2.75) is 39.3 Å². The lowest BCUT2D eigenvalue weighted by molar-refractivity contribution is 0.116. The van der Waals surface area contributed by atoms with Crippen LogP contribution >= 0.6 is 0 Å². The molecule has 0 bridgehead atoms. The number of aromatic nitrogens is 1. The van der Waals surface area contributed by atoms with E-state index in [1.807, 2.05) is 4.90 Å². The summed E-state index contributed by atoms with van der Waals surface area (Å²) >= 11 is 0. The van der Waals surface area contributed by atoms with Crippen LogP contribution in [0.2, 0.25) is 0 Å². The number of cyclic esters (lactones) is 1. The third-order valence-corrected chi connectivity index (χ3v) is 5.47. The molecule has 2 heterocycles. The van der Waals surface area contributed by atoms with Crippen LogP contribution in [0.25, 0.3) is 21.8 Å². The van der Waals surface area contributed by atoms with Crippen LogP contribution in [0.15, 0.2) is 48.5 Å². The molecule has 3 aromatic rings. The van der Waals surface area contributed by atoms with E-state index in [1.54, 1.807) is 0 Å². The van der Waals surface area contributed by atoms with Gasteiger partial charge in [-0.05, 0) is 38.1 Å². The number of benzene rings is 2. The molecule has 28 heavy (non-hydrogen) atoms. The van der Waals surface area contributed by atoms with Crippen LogP contribution in [-0.2, 0) is 11.3 Å². The summed E-state index contributed by atoms with van der Waals surface area (Å²) in [5, 5.41) is 2.49. The fourth-order valence-corrected chi connectivity index (χ4v) is 4.32. The van der Waals surface area contributed by atoms with E-state index in [1.165, 1.54) is 21.8 Å². The number of amides is 1. The van der Waals surface area contributed by atoms with Crippen LogP contribution in [0.3, 0.4) is 0 Å². The summed E-state index contributed by atoms with van der Waals surface area (Å²) in [6, 6.07) is 16.9. The summed E-state index contributed by atoms with van der Waals surface area (Å²) in [5.74, 6) is 0. The number of carbonyl (C=O) groups is 1. The number of para-hydroxylation sites is 2. The molecule has 0 unspecified atom stereocenters. The van der Waals surface area contributed by atoms with Crippen LogP contribution in [0.5, 0.6) is 0 Å². The highest BCUT2D eigenvalue weighted by Crippen LogP contribution is 2.29. The van der Waals surface area contributed by atoms with E-state index in [-0.39, 0.29) is 12.2 Å². The second-order valence-electron chi connectivity index (χ2n) is 7.63. The minimum Gasteiger partial charge on any atom is -0.442 e. The number of hydrogen-bond donors (Lipinski definition) is 0. The second kappa shape index (κ2) is 8.23. The van der Waals surface area contributed by atoms with Crippen molar-refractivity contribution >= 4 is 27.9 Å². The molecule has 1 aromatic heterocycles. The molecular weight excluding hydrogens is 350 g/mol. The average molecular weight is 380 g/mol. The van der Waals surface area contributed by atoms with Crippen molar-refractivity contribution in [3.05, 3.63) is 48.5 Å². The Morgan fingerprint density at radius 3 is 2.11 bits per heavy atom. The first-order valence-electron chi connectivity index (χ1n) is 10.3. The maximum atomic E-state index is 12.5. The lowest BCUT2D eigenvalue weighted by Crippen LogP contribution is -2.39. The summed E-state index contributed by atoms with van der Waals surface area (Å²) in [7, 11) is 0. The zero-order valence-electron chi connectivity index (χ0n) is 16.8. The van der Waals surface area contributed by atoms with Gasteiger partial charge in [0.05, 0.1) is 19.8 Å². The summed E-state index contributed by atoms with van der Waals surface area (Å²) in [4.78, 5) is 16.6. The first-order valence-corrected chi connectivity index (χ1v) is 10.3. The summed E-state index contributed by atoms with van der Waals surface area (Å²) in [6.07, 6.45) is 1.86. The first-order chi connectivity index (χ1) is 13.7. The zero-order valence-corrected chi connectivity index (χ0v) is 16.8. The fourth-order valence-electron chi connectivity index (χ4n) is 4.32. The standard InChI is InChI=1S/C23H29N3O2/c1-3-13-24(14-4-2)17-25-15-18(28-23(25)27)16-26-21-11-7-5-9-19(21)20-10-6-8-12-22(20)26/h5-12,18H,3-4,13-17H2,1-2H3/t18-/m1/s1. The SMILES string of the molecule is CCCN(CCC)CN1C[C@H](Cn2c3ccccc3c3ccccc32)OC1=O. The van der Waals surface area contributed by atoms with E-state index < -0.39 is 0 Å². The van der Waals surface area contributed by atoms with Crippen LogP contribution in [0.4, 0.5) is 4.79 Å². The average Bonchev–Trinajstić information content (AvgIpc) is 3.21. The Hall–Kier alpha value is -2.53. The number of carbonyl (C=O) groups excluding carboxylic acids is 1. The Bertz CT molecular complexity index is 906. The molecule has 0 N–H and O–H groups in total. The maximum absolute atomic E-state index is 12.5. The van der Waals surface area contributed by atoms with Crippen molar-refractivity contribution < 1.29 is 9.53 Å². The van der Waals surface area contributed by atoms with Crippen molar-refractivity contribution in [3.8, 4) is 0 Å². The second-order valence-corrected chi connectivity index (χ2v) is 7.63. The van der Waals surface area contributed by atoms with Crippen molar-refractivity contribution in [2.24, 2.45) is 0 Å². The molecule has 2 aromatic carbocycles. The Balaban J connectivity index is 1.54. The number of fused-ring (bicyclic) bond motifs is 3. The predicted molar refractivity (Wildman–Crippen MR) is 113 cm³/mol. The van der Waals surface area contributed by atoms with Crippen molar-refractivity contribution in [1.82, 2.24) is 14.4 Å². The Morgan fingerprint density at radius 2 is 1.54 bits per heavy atom. The van der Waals surface area contributed by atoms with Gasteiger partial charge in [-0.1, -0.05) is 50.2 Å². The van der Waals surface area contributed by atoms with Gasteiger partial charge >= 0.3 is 6.09 Å². The molecule has 1 amide bonds. The van der Waals surface area contributed by atoms with Gasteiger partial charge in [0, 0.05) is 21.8 Å². The van der Waals surface area contributed by atoms with Gasteiger partial charge in [0.2, 0.25) is 0 Å². The van der Waals surface area contributed by atoms with Crippen LogP contribution < -0.4 is 0 Å². The van der Waals surface area contributed by atoms with Crippen molar-refractivity contribution in [1.29, 1.82) is 0 Å². The summed E-state index contributed by atoms with van der Waals surface area (Å²) < 4.78 is 8.04. The lowest BCUT2D eigenvalue weighted by atomic mass is 10.2. The van der Waals surface area contributed by atoms with Gasteiger partial charge in [-0.3, -0.25) is 9.80 Å². The quantitative estimate of drug-likeness (QED) is 0.570. The van der Waals surface area contributed by atoms with Gasteiger partial charge in [-0.15, -0.1) is 0 Å². The van der Waals surface area contributed by atoms with Gasteiger partial charge < -0.3 is 9.30 Å². The zero-order chi connectivity index (χ0) is 19.5. The smallest absolute Gasteiger partial charge is 0.411 e. The summed E-state index contributed by atoms with van der Waals surface area (Å²) in [6.45, 7) is 8.35. The number of nitrogens with zero attached hydrogens (tertiary/aromatic N) is 3. The number of rotatable bonds is 8. The Morgan fingerprint density at radius 1 is 0.964 bits per heavy atom. The molecule has 0 spiro atoms. The first kappa shape index (κ1) is 18.8. The largest absolute Gasteiger partial charge is 0.442 e. The van der Waals surface area contributed by atoms with E-state index in [4.69, 9.17) is 4.74 Å². The van der Waals surface area contributed by atoms with E-state index in [0.717, 1.165) is 25.9 Å². The van der Waals surface area contributed by atoms with Gasteiger partial charge in [0.25, 0.3) is 0 Å². The van der Waals surface area contributed by atoms with E-state index >= 15 is 0 Å². The monoisotopic (exact) mass is 379 g/mol. The lowest BCUT2D eigenvalue weighted by Gasteiger charge is -2.25. The molecule has 0 radical (unpaired) electrons. The molecule has 1 atom stereocenters. The molecule has 4 rings (SSSR count). The fraction of sp³-hybridized carbons (Fsp3) is 0.435. The molecule has 1 aliphatic heterocycles. The third kappa shape index (κ3) is 3.59. The van der Waals surface area contributed by atoms with Crippen molar-refractivity contribution in [2.75, 3.05) is 26.3 Å². The van der Waals surface area contributed by atoms with Gasteiger partial charge in [0.1, 0.15) is 6.10 Å². The number of ether oxygens (including phenoxy) is 1. The van der Waals surface area contributed by atoms with Crippen LogP contribution in [0, 0.1) is 0 Å². The normalized spacial score (nSPS) is 17.2. The van der Waals surface area contributed by atoms with E-state index in [0.29, 0.717) is 19.8 Å². The topological polar surface area (TPSA) is 37.7 Å². The molecule has 1 fully saturated rings. The highest BCUT2D eigenvalue weighted by atomic mass is 16.6. The predicted octanol–water partition coefficient (Wildman–Crippen LogP) is 4.69.